The summed E-state index contributed by atoms with van der Waals surface area (Å²) in [5, 5.41) is 11.0. The fraction of sp³-hybridized carbons (Fsp3) is 0.417. The van der Waals surface area contributed by atoms with E-state index < -0.39 is 10.9 Å². The molecule has 104 valence electrons. The van der Waals surface area contributed by atoms with Crippen molar-refractivity contribution >= 4 is 11.7 Å². The number of nitro benzene ring substituents is 1. The molecule has 0 saturated carbocycles. The van der Waals surface area contributed by atoms with Gasteiger partial charge >= 0.3 is 11.7 Å². The van der Waals surface area contributed by atoms with Crippen LogP contribution in [0.25, 0.3) is 0 Å². The molecule has 0 saturated heterocycles. The van der Waals surface area contributed by atoms with Crippen LogP contribution in [0.2, 0.25) is 0 Å². The first-order chi connectivity index (χ1) is 9.04. The Morgan fingerprint density at radius 1 is 1.37 bits per heavy atom. The number of carbonyl (C=O) groups excluding carboxylic acids is 1. The zero-order valence-electron chi connectivity index (χ0n) is 11.0. The van der Waals surface area contributed by atoms with Crippen LogP contribution < -0.4 is 9.47 Å². The molecule has 1 rings (SSSR count). The maximum Gasteiger partial charge on any atom is 0.338 e. The molecule has 0 aliphatic heterocycles. The van der Waals surface area contributed by atoms with Crippen LogP contribution in [-0.2, 0) is 4.74 Å². The summed E-state index contributed by atoms with van der Waals surface area (Å²) in [6, 6.07) is 2.46. The molecular formula is C12H15NO6. The summed E-state index contributed by atoms with van der Waals surface area (Å²) >= 11 is 0. The Morgan fingerprint density at radius 2 is 2.05 bits per heavy atom. The van der Waals surface area contributed by atoms with E-state index in [0.717, 1.165) is 6.07 Å². The second kappa shape index (κ2) is 6.58. The van der Waals surface area contributed by atoms with Crippen molar-refractivity contribution in [3.63, 3.8) is 0 Å². The molecular weight excluding hydrogens is 254 g/mol. The van der Waals surface area contributed by atoms with E-state index in [0.29, 0.717) is 13.0 Å². The number of nitrogens with zero attached hydrogens (tertiary/aromatic N) is 1. The zero-order chi connectivity index (χ0) is 14.4. The largest absolute Gasteiger partial charge is 0.493 e. The van der Waals surface area contributed by atoms with Gasteiger partial charge in [-0.1, -0.05) is 6.92 Å². The van der Waals surface area contributed by atoms with E-state index in [9.17, 15) is 14.9 Å². The van der Waals surface area contributed by atoms with Gasteiger partial charge in [0.25, 0.3) is 0 Å². The first-order valence-corrected chi connectivity index (χ1v) is 5.62. The van der Waals surface area contributed by atoms with Gasteiger partial charge in [0.05, 0.1) is 31.3 Å². The summed E-state index contributed by atoms with van der Waals surface area (Å²) in [6.07, 6.45) is 0.694. The summed E-state index contributed by atoms with van der Waals surface area (Å²) < 4.78 is 14.9. The van der Waals surface area contributed by atoms with Gasteiger partial charge in [0.15, 0.2) is 5.75 Å². The molecule has 1 aromatic rings. The summed E-state index contributed by atoms with van der Waals surface area (Å²) in [6.45, 7) is 2.19. The smallest absolute Gasteiger partial charge is 0.338 e. The van der Waals surface area contributed by atoms with Crippen LogP contribution >= 0.6 is 0 Å². The molecule has 0 atom stereocenters. The molecule has 19 heavy (non-hydrogen) atoms. The highest BCUT2D eigenvalue weighted by atomic mass is 16.6. The normalized spacial score (nSPS) is 9.84. The van der Waals surface area contributed by atoms with Crippen LogP contribution in [0.4, 0.5) is 5.69 Å². The number of esters is 1. The number of rotatable bonds is 6. The first kappa shape index (κ1) is 14.7. The van der Waals surface area contributed by atoms with E-state index in [1.807, 2.05) is 6.92 Å². The SMILES string of the molecule is CCCOc1c(OC)cc(C(=O)OC)cc1[N+](=O)[O-]. The lowest BCUT2D eigenvalue weighted by molar-refractivity contribution is -0.386. The molecule has 0 bridgehead atoms. The summed E-state index contributed by atoms with van der Waals surface area (Å²) in [4.78, 5) is 21.8. The fourth-order valence-corrected chi connectivity index (χ4v) is 1.46. The third-order valence-electron chi connectivity index (χ3n) is 2.32. The molecule has 0 heterocycles. The Labute approximate surface area is 110 Å². The van der Waals surface area contributed by atoms with Crippen molar-refractivity contribution in [3.05, 3.63) is 27.8 Å². The van der Waals surface area contributed by atoms with E-state index >= 15 is 0 Å². The minimum absolute atomic E-state index is 0.0157. The van der Waals surface area contributed by atoms with Crippen molar-refractivity contribution in [1.29, 1.82) is 0 Å². The Bertz CT molecular complexity index is 485. The van der Waals surface area contributed by atoms with Crippen molar-refractivity contribution in [2.45, 2.75) is 13.3 Å². The number of methoxy groups -OCH3 is 2. The highest BCUT2D eigenvalue weighted by molar-refractivity contribution is 5.91. The van der Waals surface area contributed by atoms with Crippen LogP contribution in [0.5, 0.6) is 11.5 Å². The third kappa shape index (κ3) is 3.34. The molecule has 0 spiro atoms. The minimum atomic E-state index is -0.677. The predicted molar refractivity (Wildman–Crippen MR) is 66.8 cm³/mol. The third-order valence-corrected chi connectivity index (χ3v) is 2.32. The monoisotopic (exact) mass is 269 g/mol. The summed E-state index contributed by atoms with van der Waals surface area (Å²) in [5.41, 5.74) is -0.289. The Kier molecular flexibility index (Phi) is 5.11. The van der Waals surface area contributed by atoms with Gasteiger partial charge in [0, 0.05) is 6.07 Å². The van der Waals surface area contributed by atoms with Crippen molar-refractivity contribution in [2.24, 2.45) is 0 Å². The second-order valence-corrected chi connectivity index (χ2v) is 3.62. The molecule has 0 radical (unpaired) electrons. The van der Waals surface area contributed by atoms with Crippen LogP contribution in [0.3, 0.4) is 0 Å². The van der Waals surface area contributed by atoms with Gasteiger partial charge in [-0.3, -0.25) is 10.1 Å². The van der Waals surface area contributed by atoms with Crippen molar-refractivity contribution < 1.29 is 23.9 Å². The van der Waals surface area contributed by atoms with Crippen LogP contribution in [0.1, 0.15) is 23.7 Å². The van der Waals surface area contributed by atoms with E-state index in [2.05, 4.69) is 4.74 Å². The Morgan fingerprint density at radius 3 is 2.53 bits per heavy atom. The van der Waals surface area contributed by atoms with Crippen LogP contribution in [-0.4, -0.2) is 31.7 Å². The van der Waals surface area contributed by atoms with Gasteiger partial charge in [-0.2, -0.15) is 0 Å². The maximum atomic E-state index is 11.4. The number of hydrogen-bond acceptors (Lipinski definition) is 6. The molecule has 1 aromatic carbocycles. The van der Waals surface area contributed by atoms with Crippen LogP contribution in [0, 0.1) is 10.1 Å². The molecule has 0 aromatic heterocycles. The lowest BCUT2D eigenvalue weighted by atomic mass is 10.1. The number of carbonyl (C=O) groups is 1. The minimum Gasteiger partial charge on any atom is -0.493 e. The topological polar surface area (TPSA) is 87.9 Å². The van der Waals surface area contributed by atoms with Gasteiger partial charge < -0.3 is 14.2 Å². The van der Waals surface area contributed by atoms with E-state index in [1.54, 1.807) is 0 Å². The van der Waals surface area contributed by atoms with Crippen molar-refractivity contribution in [3.8, 4) is 11.5 Å². The molecule has 0 unspecified atom stereocenters. The van der Waals surface area contributed by atoms with Gasteiger partial charge in [-0.15, -0.1) is 0 Å². The molecule has 0 aliphatic rings. The molecule has 0 fully saturated rings. The van der Waals surface area contributed by atoms with E-state index in [-0.39, 0.29) is 22.7 Å². The lowest BCUT2D eigenvalue weighted by Gasteiger charge is -2.11. The number of ether oxygens (including phenoxy) is 3. The molecule has 7 nitrogen and oxygen atoms in total. The average molecular weight is 269 g/mol. The first-order valence-electron chi connectivity index (χ1n) is 5.62. The molecule has 0 aliphatic carbocycles. The summed E-state index contributed by atoms with van der Waals surface area (Å²) in [7, 11) is 2.54. The van der Waals surface area contributed by atoms with E-state index in [1.165, 1.54) is 20.3 Å². The van der Waals surface area contributed by atoms with Crippen molar-refractivity contribution in [1.82, 2.24) is 0 Å². The lowest BCUT2D eigenvalue weighted by Crippen LogP contribution is -2.06. The quantitative estimate of drug-likeness (QED) is 0.447. The molecule has 0 amide bonds. The zero-order valence-corrected chi connectivity index (χ0v) is 11.0. The highest BCUT2D eigenvalue weighted by Gasteiger charge is 2.24. The average Bonchev–Trinajstić information content (AvgIpc) is 2.42. The molecule has 7 heteroatoms. The van der Waals surface area contributed by atoms with Crippen LogP contribution in [0.15, 0.2) is 12.1 Å². The number of nitro groups is 1. The Hall–Kier alpha value is -2.31. The maximum absolute atomic E-state index is 11.4. The summed E-state index contributed by atoms with van der Waals surface area (Å²) in [5.74, 6) is -0.534. The number of hydrogen-bond donors (Lipinski definition) is 0. The van der Waals surface area contributed by atoms with Gasteiger partial charge in [0.2, 0.25) is 5.75 Å². The molecule has 0 N–H and O–H groups in total. The predicted octanol–water partition coefficient (Wildman–Crippen LogP) is 2.18. The van der Waals surface area contributed by atoms with Gasteiger partial charge in [-0.05, 0) is 12.5 Å². The standard InChI is InChI=1S/C12H15NO6/c1-4-5-19-11-9(13(15)16)6-8(12(14)18-3)7-10(11)17-2/h6-7H,4-5H2,1-3H3. The highest BCUT2D eigenvalue weighted by Crippen LogP contribution is 2.38. The van der Waals surface area contributed by atoms with E-state index in [4.69, 9.17) is 9.47 Å². The second-order valence-electron chi connectivity index (χ2n) is 3.62. The van der Waals surface area contributed by atoms with Crippen molar-refractivity contribution in [2.75, 3.05) is 20.8 Å². The fourth-order valence-electron chi connectivity index (χ4n) is 1.46. The van der Waals surface area contributed by atoms with Gasteiger partial charge in [-0.25, -0.2) is 4.79 Å². The van der Waals surface area contributed by atoms with Gasteiger partial charge in [0.1, 0.15) is 0 Å². The number of benzene rings is 1. The Balaban J connectivity index is 3.35.